The lowest BCUT2D eigenvalue weighted by Crippen LogP contribution is -2.16. The minimum Gasteiger partial charge on any atom is -0.378 e. The Balaban J connectivity index is 1.84. The summed E-state index contributed by atoms with van der Waals surface area (Å²) in [6, 6.07) is 20.0. The molecule has 1 N–H and O–H groups in total. The largest absolute Gasteiger partial charge is 0.378 e. The molecule has 0 aliphatic heterocycles. The summed E-state index contributed by atoms with van der Waals surface area (Å²) in [5.74, 6) is 0.778. The van der Waals surface area contributed by atoms with Crippen LogP contribution in [0.15, 0.2) is 54.6 Å². The Labute approximate surface area is 127 Å². The lowest BCUT2D eigenvalue weighted by Gasteiger charge is -2.23. The van der Waals surface area contributed by atoms with Crippen LogP contribution in [0.5, 0.6) is 0 Å². The first-order valence-electron chi connectivity index (χ1n) is 7.78. The Morgan fingerprint density at radius 2 is 1.67 bits per heavy atom. The molecular weight excluding hydrogens is 256 g/mol. The zero-order valence-electron chi connectivity index (χ0n) is 12.9. The average molecular weight is 280 g/mol. The van der Waals surface area contributed by atoms with Crippen LogP contribution in [0.1, 0.15) is 30.0 Å². The van der Waals surface area contributed by atoms with Crippen LogP contribution in [0.25, 0.3) is 0 Å². The highest BCUT2D eigenvalue weighted by molar-refractivity contribution is 5.53. The van der Waals surface area contributed by atoms with Gasteiger partial charge in [-0.2, -0.15) is 0 Å². The number of nitrogens with zero attached hydrogens (tertiary/aromatic N) is 1. The van der Waals surface area contributed by atoms with Crippen molar-refractivity contribution >= 4 is 5.69 Å². The summed E-state index contributed by atoms with van der Waals surface area (Å²) in [7, 11) is 4.23. The number of benzene rings is 2. The molecule has 0 bridgehead atoms. The summed E-state index contributed by atoms with van der Waals surface area (Å²) < 4.78 is 0. The van der Waals surface area contributed by atoms with E-state index in [0.29, 0.717) is 6.04 Å². The van der Waals surface area contributed by atoms with Crippen molar-refractivity contribution in [3.63, 3.8) is 0 Å². The first kappa shape index (κ1) is 14.2. The number of anilines is 1. The second-order valence-corrected chi connectivity index (χ2v) is 6.27. The van der Waals surface area contributed by atoms with Gasteiger partial charge in [-0.15, -0.1) is 0 Å². The number of para-hydroxylation sites is 1. The highest BCUT2D eigenvalue weighted by atomic mass is 15.1. The zero-order chi connectivity index (χ0) is 14.7. The van der Waals surface area contributed by atoms with Crippen molar-refractivity contribution in [2.75, 3.05) is 19.4 Å². The third-order valence-electron chi connectivity index (χ3n) is 4.07. The molecule has 1 aliphatic carbocycles. The molecule has 1 fully saturated rings. The standard InChI is InChI=1S/C19H24N2/c1-21(2)14-17-10-6-7-11-18(17)20-19(16-12-13-16)15-8-4-3-5-9-15/h3-11,16,19-20H,12-14H2,1-2H3. The number of hydrogen-bond donors (Lipinski definition) is 1. The normalized spacial score (nSPS) is 16.0. The Hall–Kier alpha value is -1.80. The maximum absolute atomic E-state index is 3.80. The molecule has 0 heterocycles. The predicted octanol–water partition coefficient (Wildman–Crippen LogP) is 4.31. The SMILES string of the molecule is CN(C)Cc1ccccc1NC(c1ccccc1)C1CC1. The van der Waals surface area contributed by atoms with Gasteiger partial charge in [-0.25, -0.2) is 0 Å². The van der Waals surface area contributed by atoms with E-state index in [0.717, 1.165) is 12.5 Å². The number of nitrogens with one attached hydrogen (secondary N) is 1. The van der Waals surface area contributed by atoms with Crippen LogP contribution >= 0.6 is 0 Å². The van der Waals surface area contributed by atoms with E-state index < -0.39 is 0 Å². The van der Waals surface area contributed by atoms with Crippen molar-refractivity contribution < 1.29 is 0 Å². The second-order valence-electron chi connectivity index (χ2n) is 6.27. The van der Waals surface area contributed by atoms with Gasteiger partial charge in [-0.1, -0.05) is 48.5 Å². The highest BCUT2D eigenvalue weighted by Crippen LogP contribution is 2.43. The van der Waals surface area contributed by atoms with Crippen molar-refractivity contribution in [2.24, 2.45) is 5.92 Å². The lowest BCUT2D eigenvalue weighted by molar-refractivity contribution is 0.403. The summed E-state index contributed by atoms with van der Waals surface area (Å²) >= 11 is 0. The van der Waals surface area contributed by atoms with Crippen LogP contribution in [0.2, 0.25) is 0 Å². The van der Waals surface area contributed by atoms with Crippen LogP contribution in [0, 0.1) is 5.92 Å². The first-order chi connectivity index (χ1) is 10.2. The van der Waals surface area contributed by atoms with Crippen LogP contribution < -0.4 is 5.32 Å². The van der Waals surface area contributed by atoms with Crippen LogP contribution in [0.3, 0.4) is 0 Å². The van der Waals surface area contributed by atoms with Crippen LogP contribution in [0.4, 0.5) is 5.69 Å². The van der Waals surface area contributed by atoms with Crippen molar-refractivity contribution in [3.05, 3.63) is 65.7 Å². The summed E-state index contributed by atoms with van der Waals surface area (Å²) in [5.41, 5.74) is 4.04. The predicted molar refractivity (Wildman–Crippen MR) is 89.4 cm³/mol. The van der Waals surface area contributed by atoms with E-state index in [2.05, 4.69) is 78.9 Å². The fourth-order valence-electron chi connectivity index (χ4n) is 2.87. The maximum atomic E-state index is 3.80. The Kier molecular flexibility index (Phi) is 4.26. The van der Waals surface area contributed by atoms with Crippen molar-refractivity contribution in [3.8, 4) is 0 Å². The molecule has 2 heteroatoms. The van der Waals surface area contributed by atoms with E-state index >= 15 is 0 Å². The van der Waals surface area contributed by atoms with Gasteiger partial charge < -0.3 is 10.2 Å². The topological polar surface area (TPSA) is 15.3 Å². The van der Waals surface area contributed by atoms with Gasteiger partial charge in [-0.3, -0.25) is 0 Å². The molecule has 3 rings (SSSR count). The fraction of sp³-hybridized carbons (Fsp3) is 0.368. The van der Waals surface area contributed by atoms with Gasteiger partial charge in [0.2, 0.25) is 0 Å². The first-order valence-corrected chi connectivity index (χ1v) is 7.78. The average Bonchev–Trinajstić information content (AvgIpc) is 3.31. The van der Waals surface area contributed by atoms with E-state index in [4.69, 9.17) is 0 Å². The molecule has 0 radical (unpaired) electrons. The van der Waals surface area contributed by atoms with Crippen molar-refractivity contribution in [1.82, 2.24) is 4.90 Å². The van der Waals surface area contributed by atoms with Gasteiger partial charge in [0.15, 0.2) is 0 Å². The Bertz CT molecular complexity index is 573. The van der Waals surface area contributed by atoms with E-state index in [-0.39, 0.29) is 0 Å². The van der Waals surface area contributed by atoms with Gasteiger partial charge in [0.1, 0.15) is 0 Å². The molecule has 2 aromatic carbocycles. The minimum absolute atomic E-state index is 0.439. The van der Waals surface area contributed by atoms with E-state index in [1.165, 1.54) is 29.7 Å². The van der Waals surface area contributed by atoms with Gasteiger partial charge in [0.05, 0.1) is 6.04 Å². The van der Waals surface area contributed by atoms with Crippen molar-refractivity contribution in [1.29, 1.82) is 0 Å². The van der Waals surface area contributed by atoms with Crippen LogP contribution in [-0.2, 0) is 6.54 Å². The molecule has 2 nitrogen and oxygen atoms in total. The molecule has 21 heavy (non-hydrogen) atoms. The molecule has 2 aromatic rings. The molecule has 0 aromatic heterocycles. The molecular formula is C19H24N2. The monoisotopic (exact) mass is 280 g/mol. The quantitative estimate of drug-likeness (QED) is 0.848. The Morgan fingerprint density at radius 1 is 1.00 bits per heavy atom. The second kappa shape index (κ2) is 6.31. The number of rotatable bonds is 6. The number of hydrogen-bond acceptors (Lipinski definition) is 2. The van der Waals surface area contributed by atoms with Crippen LogP contribution in [-0.4, -0.2) is 19.0 Å². The fourth-order valence-corrected chi connectivity index (χ4v) is 2.87. The summed E-state index contributed by atoms with van der Waals surface area (Å²) in [4.78, 5) is 2.22. The molecule has 110 valence electrons. The molecule has 1 saturated carbocycles. The van der Waals surface area contributed by atoms with Gasteiger partial charge in [0, 0.05) is 12.2 Å². The summed E-state index contributed by atoms with van der Waals surface area (Å²) in [6.07, 6.45) is 2.67. The highest BCUT2D eigenvalue weighted by Gasteiger charge is 2.32. The molecule has 0 saturated heterocycles. The van der Waals surface area contributed by atoms with Gasteiger partial charge in [0.25, 0.3) is 0 Å². The molecule has 0 amide bonds. The minimum atomic E-state index is 0.439. The molecule has 1 unspecified atom stereocenters. The lowest BCUT2D eigenvalue weighted by atomic mass is 10.0. The third-order valence-corrected chi connectivity index (χ3v) is 4.07. The van der Waals surface area contributed by atoms with E-state index in [9.17, 15) is 0 Å². The molecule has 1 atom stereocenters. The smallest absolute Gasteiger partial charge is 0.0542 e. The molecule has 1 aliphatic rings. The summed E-state index contributed by atoms with van der Waals surface area (Å²) in [5, 5.41) is 3.80. The third kappa shape index (κ3) is 3.64. The van der Waals surface area contributed by atoms with Gasteiger partial charge in [-0.05, 0) is 50.0 Å². The molecule has 0 spiro atoms. The van der Waals surface area contributed by atoms with Crippen molar-refractivity contribution in [2.45, 2.75) is 25.4 Å². The summed E-state index contributed by atoms with van der Waals surface area (Å²) in [6.45, 7) is 0.968. The van der Waals surface area contributed by atoms with E-state index in [1.807, 2.05) is 0 Å². The zero-order valence-corrected chi connectivity index (χ0v) is 12.9. The van der Waals surface area contributed by atoms with Gasteiger partial charge >= 0.3 is 0 Å². The Morgan fingerprint density at radius 3 is 2.33 bits per heavy atom. The maximum Gasteiger partial charge on any atom is 0.0542 e. The van der Waals surface area contributed by atoms with E-state index in [1.54, 1.807) is 0 Å².